The highest BCUT2D eigenvalue weighted by atomic mass is 16.4. The molecule has 0 bridgehead atoms. The van der Waals surface area contributed by atoms with E-state index in [0.717, 1.165) is 12.8 Å². The van der Waals surface area contributed by atoms with Crippen LogP contribution < -0.4 is 0 Å². The molecule has 0 saturated heterocycles. The van der Waals surface area contributed by atoms with E-state index in [2.05, 4.69) is 6.92 Å². The summed E-state index contributed by atoms with van der Waals surface area (Å²) in [5, 5.41) is 18.4. The largest absolute Gasteiger partial charge is 0.481 e. The fourth-order valence-corrected chi connectivity index (χ4v) is 3.34. The van der Waals surface area contributed by atoms with Gasteiger partial charge in [0.25, 0.3) is 0 Å². The molecule has 2 unspecified atom stereocenters. The van der Waals surface area contributed by atoms with Crippen molar-refractivity contribution in [3.05, 3.63) is 0 Å². The SMILES string of the molecule is CCCCCCCCCCCCCCCCC(CC(C)O)C(=O)O. The Morgan fingerprint density at radius 3 is 1.46 bits per heavy atom. The number of aliphatic carboxylic acids is 1. The highest BCUT2D eigenvalue weighted by Crippen LogP contribution is 2.18. The van der Waals surface area contributed by atoms with Gasteiger partial charge in [0, 0.05) is 0 Å². The predicted molar refractivity (Wildman–Crippen MR) is 102 cm³/mol. The van der Waals surface area contributed by atoms with Gasteiger partial charge in [-0.25, -0.2) is 0 Å². The van der Waals surface area contributed by atoms with Crippen molar-refractivity contribution in [2.24, 2.45) is 5.92 Å². The number of aliphatic hydroxyl groups is 1. The quantitative estimate of drug-likeness (QED) is 0.286. The van der Waals surface area contributed by atoms with Gasteiger partial charge in [0.1, 0.15) is 0 Å². The van der Waals surface area contributed by atoms with Crippen LogP contribution in [0.2, 0.25) is 0 Å². The third-order valence-corrected chi connectivity index (χ3v) is 4.88. The Morgan fingerprint density at radius 1 is 0.750 bits per heavy atom. The molecule has 2 N–H and O–H groups in total. The zero-order valence-electron chi connectivity index (χ0n) is 16.3. The molecule has 0 rings (SSSR count). The second-order valence-corrected chi connectivity index (χ2v) is 7.50. The van der Waals surface area contributed by atoms with Crippen molar-refractivity contribution < 1.29 is 15.0 Å². The molecule has 0 aliphatic carbocycles. The van der Waals surface area contributed by atoms with Crippen LogP contribution in [0.5, 0.6) is 0 Å². The molecule has 0 aromatic rings. The van der Waals surface area contributed by atoms with Crippen LogP contribution >= 0.6 is 0 Å². The molecule has 0 aliphatic rings. The zero-order valence-corrected chi connectivity index (χ0v) is 16.3. The summed E-state index contributed by atoms with van der Waals surface area (Å²) in [6, 6.07) is 0. The summed E-state index contributed by atoms with van der Waals surface area (Å²) >= 11 is 0. The molecule has 0 aliphatic heterocycles. The Labute approximate surface area is 150 Å². The van der Waals surface area contributed by atoms with Gasteiger partial charge in [0.2, 0.25) is 0 Å². The van der Waals surface area contributed by atoms with Gasteiger partial charge >= 0.3 is 5.97 Å². The summed E-state index contributed by atoms with van der Waals surface area (Å²) in [7, 11) is 0. The van der Waals surface area contributed by atoms with E-state index in [0.29, 0.717) is 12.8 Å². The molecule has 144 valence electrons. The van der Waals surface area contributed by atoms with E-state index in [1.54, 1.807) is 6.92 Å². The van der Waals surface area contributed by atoms with Crippen LogP contribution in [0.15, 0.2) is 0 Å². The van der Waals surface area contributed by atoms with Crippen LogP contribution in [0.3, 0.4) is 0 Å². The molecule has 0 fully saturated rings. The van der Waals surface area contributed by atoms with Gasteiger partial charge in [0.15, 0.2) is 0 Å². The lowest BCUT2D eigenvalue weighted by Crippen LogP contribution is -2.19. The van der Waals surface area contributed by atoms with Gasteiger partial charge in [-0.1, -0.05) is 96.8 Å². The molecule has 24 heavy (non-hydrogen) atoms. The minimum absolute atomic E-state index is 0.373. The Kier molecular flexibility index (Phi) is 16.8. The molecular weight excluding hydrogens is 300 g/mol. The normalized spacial score (nSPS) is 13.8. The number of rotatable bonds is 18. The first-order valence-corrected chi connectivity index (χ1v) is 10.5. The second kappa shape index (κ2) is 17.3. The van der Waals surface area contributed by atoms with Crippen molar-refractivity contribution in [2.75, 3.05) is 0 Å². The molecule has 3 heteroatoms. The first-order chi connectivity index (χ1) is 11.6. The molecule has 0 saturated carbocycles. The number of carboxylic acids is 1. The molecule has 0 amide bonds. The fourth-order valence-electron chi connectivity index (χ4n) is 3.34. The Morgan fingerprint density at radius 2 is 1.12 bits per heavy atom. The van der Waals surface area contributed by atoms with E-state index in [4.69, 9.17) is 5.11 Å². The minimum atomic E-state index is -0.759. The Hall–Kier alpha value is -0.570. The van der Waals surface area contributed by atoms with Crippen LogP contribution in [-0.2, 0) is 4.79 Å². The van der Waals surface area contributed by atoms with Gasteiger partial charge in [0.05, 0.1) is 12.0 Å². The first kappa shape index (κ1) is 23.4. The lowest BCUT2D eigenvalue weighted by atomic mass is 9.95. The molecule has 0 aromatic heterocycles. The average Bonchev–Trinajstić information content (AvgIpc) is 2.53. The Balaban J connectivity index is 3.28. The highest BCUT2D eigenvalue weighted by Gasteiger charge is 2.18. The van der Waals surface area contributed by atoms with Crippen molar-refractivity contribution >= 4 is 5.97 Å². The number of aliphatic hydroxyl groups excluding tert-OH is 1. The van der Waals surface area contributed by atoms with Crippen LogP contribution in [-0.4, -0.2) is 22.3 Å². The lowest BCUT2D eigenvalue weighted by molar-refractivity contribution is -0.143. The first-order valence-electron chi connectivity index (χ1n) is 10.5. The summed E-state index contributed by atoms with van der Waals surface area (Å²) in [6.45, 7) is 3.93. The molecule has 0 spiro atoms. The summed E-state index contributed by atoms with van der Waals surface area (Å²) < 4.78 is 0. The van der Waals surface area contributed by atoms with E-state index in [1.165, 1.54) is 77.0 Å². The van der Waals surface area contributed by atoms with Gasteiger partial charge in [-0.15, -0.1) is 0 Å². The highest BCUT2D eigenvalue weighted by molar-refractivity contribution is 5.69. The maximum Gasteiger partial charge on any atom is 0.306 e. The van der Waals surface area contributed by atoms with E-state index in [9.17, 15) is 9.90 Å². The topological polar surface area (TPSA) is 57.5 Å². The monoisotopic (exact) mass is 342 g/mol. The molecule has 3 nitrogen and oxygen atoms in total. The zero-order chi connectivity index (χ0) is 18.0. The number of carboxylic acid groups (broad SMARTS) is 1. The van der Waals surface area contributed by atoms with E-state index in [-0.39, 0.29) is 5.92 Å². The van der Waals surface area contributed by atoms with E-state index >= 15 is 0 Å². The number of unbranched alkanes of at least 4 members (excludes halogenated alkanes) is 13. The lowest BCUT2D eigenvalue weighted by Gasteiger charge is -2.13. The summed E-state index contributed by atoms with van der Waals surface area (Å²) in [5.74, 6) is -1.13. The van der Waals surface area contributed by atoms with Gasteiger partial charge < -0.3 is 10.2 Å². The maximum absolute atomic E-state index is 11.1. The van der Waals surface area contributed by atoms with Crippen molar-refractivity contribution in [2.45, 2.75) is 123 Å². The fraction of sp³-hybridized carbons (Fsp3) is 0.952. The van der Waals surface area contributed by atoms with Crippen LogP contribution in [0.25, 0.3) is 0 Å². The van der Waals surface area contributed by atoms with Gasteiger partial charge in [-0.05, 0) is 19.8 Å². The number of hydrogen-bond acceptors (Lipinski definition) is 2. The second-order valence-electron chi connectivity index (χ2n) is 7.50. The smallest absolute Gasteiger partial charge is 0.306 e. The molecule has 2 atom stereocenters. The van der Waals surface area contributed by atoms with Crippen molar-refractivity contribution in [3.8, 4) is 0 Å². The standard InChI is InChI=1S/C21H42O3/c1-3-4-5-6-7-8-9-10-11-12-13-14-15-16-17-20(21(23)24)18-19(2)22/h19-20,22H,3-18H2,1-2H3,(H,23,24). The third-order valence-electron chi connectivity index (χ3n) is 4.88. The summed E-state index contributed by atoms with van der Waals surface area (Å²) in [5.41, 5.74) is 0. The van der Waals surface area contributed by atoms with Gasteiger partial charge in [-0.2, -0.15) is 0 Å². The van der Waals surface area contributed by atoms with Crippen LogP contribution in [0, 0.1) is 5.92 Å². The number of carbonyl (C=O) groups is 1. The van der Waals surface area contributed by atoms with Gasteiger partial charge in [-0.3, -0.25) is 4.79 Å². The maximum atomic E-state index is 11.1. The van der Waals surface area contributed by atoms with Crippen LogP contribution in [0.4, 0.5) is 0 Å². The van der Waals surface area contributed by atoms with E-state index < -0.39 is 12.1 Å². The van der Waals surface area contributed by atoms with Crippen molar-refractivity contribution in [1.82, 2.24) is 0 Å². The Bertz CT molecular complexity index is 276. The summed E-state index contributed by atoms with van der Waals surface area (Å²) in [4.78, 5) is 11.1. The van der Waals surface area contributed by atoms with E-state index in [1.807, 2.05) is 0 Å². The predicted octanol–water partition coefficient (Wildman–Crippen LogP) is 6.33. The van der Waals surface area contributed by atoms with Crippen LogP contribution in [0.1, 0.15) is 117 Å². The molecule has 0 radical (unpaired) electrons. The molecular formula is C21H42O3. The third kappa shape index (κ3) is 16.3. The minimum Gasteiger partial charge on any atom is -0.481 e. The molecule has 0 aromatic carbocycles. The molecule has 0 heterocycles. The number of hydrogen-bond donors (Lipinski definition) is 2. The average molecular weight is 343 g/mol. The van der Waals surface area contributed by atoms with Crippen molar-refractivity contribution in [1.29, 1.82) is 0 Å². The van der Waals surface area contributed by atoms with Crippen molar-refractivity contribution in [3.63, 3.8) is 0 Å². The summed E-state index contributed by atoms with van der Waals surface area (Å²) in [6.07, 6.45) is 19.0.